The Morgan fingerprint density at radius 1 is 0.388 bits per heavy atom. The van der Waals surface area contributed by atoms with E-state index in [9.17, 15) is 13.7 Å². The van der Waals surface area contributed by atoms with Gasteiger partial charge in [-0.15, -0.1) is 0 Å². The minimum Gasteiger partial charge on any atom is -0.321 e. The summed E-state index contributed by atoms with van der Waals surface area (Å²) < 4.78 is 114. The molecule has 0 aromatic carbocycles. The second-order valence-electron chi connectivity index (χ2n) is 12.3. The molecule has 0 radical (unpaired) electrons. The Morgan fingerprint density at radius 3 is 0.776 bits per heavy atom. The highest BCUT2D eigenvalue weighted by Crippen LogP contribution is 2.61. The molecule has 0 unspecified atom stereocenters. The molecule has 15 nitrogen and oxygen atoms in total. The van der Waals surface area contributed by atoms with Crippen molar-refractivity contribution in [2.75, 3.05) is 39.6 Å². The standard InChI is InChI=1S/C31H61O15P3/c1-7-13-19-35-47(32,36-20-14-8-2)44-28-25-29(45-48(33,37-21-15-9-3)38-22-16-10-4)27-30(26(28)42-31(41-25)43-27)46-49(34,39-23-17-11-5)40-24-18-12-6/h25-31H,7-24H2,1-6H3. The largest absolute Gasteiger partial charge is 0.475 e. The van der Waals surface area contributed by atoms with Crippen molar-refractivity contribution in [1.29, 1.82) is 0 Å². The molecule has 0 N–H and O–H groups in total. The summed E-state index contributed by atoms with van der Waals surface area (Å²) in [5.41, 5.74) is 0. The maximum Gasteiger partial charge on any atom is 0.475 e. The lowest BCUT2D eigenvalue weighted by Crippen LogP contribution is -2.76. The van der Waals surface area contributed by atoms with Crippen LogP contribution >= 0.6 is 23.5 Å². The monoisotopic (exact) mass is 766 g/mol. The van der Waals surface area contributed by atoms with Crippen LogP contribution in [0.3, 0.4) is 0 Å². The second kappa shape index (κ2) is 22.4. The van der Waals surface area contributed by atoms with Crippen molar-refractivity contribution in [2.45, 2.75) is 162 Å². The van der Waals surface area contributed by atoms with Crippen LogP contribution in [0.15, 0.2) is 0 Å². The summed E-state index contributed by atoms with van der Waals surface area (Å²) in [5, 5.41) is 0. The van der Waals surface area contributed by atoms with Crippen molar-refractivity contribution in [3.05, 3.63) is 0 Å². The van der Waals surface area contributed by atoms with Crippen LogP contribution in [0.25, 0.3) is 0 Å². The van der Waals surface area contributed by atoms with Gasteiger partial charge in [0.05, 0.1) is 39.6 Å². The predicted molar refractivity (Wildman–Crippen MR) is 181 cm³/mol. The van der Waals surface area contributed by atoms with E-state index >= 15 is 0 Å². The minimum absolute atomic E-state index is 0.120. The quantitative estimate of drug-likeness (QED) is 0.0503. The summed E-state index contributed by atoms with van der Waals surface area (Å²) >= 11 is 0. The molecular weight excluding hydrogens is 705 g/mol. The molecule has 3 heterocycles. The van der Waals surface area contributed by atoms with E-state index in [-0.39, 0.29) is 39.6 Å². The Morgan fingerprint density at radius 2 is 0.592 bits per heavy atom. The van der Waals surface area contributed by atoms with Crippen LogP contribution < -0.4 is 0 Å². The van der Waals surface area contributed by atoms with Crippen molar-refractivity contribution in [1.82, 2.24) is 0 Å². The second-order valence-corrected chi connectivity index (χ2v) is 17.1. The number of rotatable bonds is 30. The summed E-state index contributed by atoms with van der Waals surface area (Å²) in [6.45, 7) is 11.4. The molecule has 3 saturated heterocycles. The van der Waals surface area contributed by atoms with E-state index in [1.54, 1.807) is 0 Å². The Balaban J connectivity index is 2.01. The molecule has 0 spiro atoms. The zero-order valence-corrected chi connectivity index (χ0v) is 32.9. The molecule has 18 heteroatoms. The van der Waals surface area contributed by atoms with E-state index in [1.165, 1.54) is 0 Å². The fourth-order valence-electron chi connectivity index (χ4n) is 5.09. The molecule has 0 atom stereocenters. The van der Waals surface area contributed by atoms with Crippen LogP contribution in [0.1, 0.15) is 119 Å². The maximum atomic E-state index is 14.1. The molecule has 0 aromatic rings. The van der Waals surface area contributed by atoms with Gasteiger partial charge in [-0.3, -0.25) is 40.7 Å². The topological polar surface area (TPSA) is 162 Å². The van der Waals surface area contributed by atoms with Crippen LogP contribution in [-0.2, 0) is 68.6 Å². The first-order valence-corrected chi connectivity index (χ1v) is 22.7. The lowest BCUT2D eigenvalue weighted by Gasteiger charge is -2.58. The zero-order chi connectivity index (χ0) is 35.8. The predicted octanol–water partition coefficient (Wildman–Crippen LogP) is 8.85. The molecule has 49 heavy (non-hydrogen) atoms. The third-order valence-electron chi connectivity index (χ3n) is 7.98. The highest BCUT2D eigenvalue weighted by atomic mass is 31.2. The lowest BCUT2D eigenvalue weighted by molar-refractivity contribution is -0.476. The average Bonchev–Trinajstić information content (AvgIpc) is 3.06. The number of phosphoric ester groups is 3. The van der Waals surface area contributed by atoms with Gasteiger partial charge in [-0.05, 0) is 38.5 Å². The van der Waals surface area contributed by atoms with Crippen LogP contribution in [0, 0.1) is 0 Å². The van der Waals surface area contributed by atoms with Crippen LogP contribution in [0.2, 0.25) is 0 Å². The van der Waals surface area contributed by atoms with E-state index in [2.05, 4.69) is 0 Å². The third-order valence-corrected chi connectivity index (χ3v) is 12.5. The summed E-state index contributed by atoms with van der Waals surface area (Å²) in [6, 6.07) is 0. The highest BCUT2D eigenvalue weighted by molar-refractivity contribution is 7.49. The van der Waals surface area contributed by atoms with Crippen molar-refractivity contribution >= 4 is 23.5 Å². The molecule has 1 aliphatic carbocycles. The van der Waals surface area contributed by atoms with Crippen molar-refractivity contribution in [3.63, 3.8) is 0 Å². The Kier molecular flexibility index (Phi) is 20.0. The minimum atomic E-state index is -4.22. The van der Waals surface area contributed by atoms with E-state index in [1.807, 2.05) is 41.5 Å². The number of hydrogen-bond donors (Lipinski definition) is 0. The van der Waals surface area contributed by atoms with Gasteiger partial charge in [0.25, 0.3) is 6.48 Å². The SMILES string of the molecule is CCCCOP(=O)(OCCCC)OC1C2OC3OC1C(OP(=O)(OCCCC)OCCCC)C(O3)C2OP(=O)(OCCCC)OCCCC. The third kappa shape index (κ3) is 13.5. The van der Waals surface area contributed by atoms with Crippen LogP contribution in [0.5, 0.6) is 0 Å². The number of hydrogen-bond acceptors (Lipinski definition) is 15. The molecule has 4 bridgehead atoms. The fourth-order valence-corrected chi connectivity index (χ4v) is 9.41. The van der Waals surface area contributed by atoms with Gasteiger partial charge in [-0.2, -0.15) is 0 Å². The van der Waals surface area contributed by atoms with E-state index in [4.69, 9.17) is 54.9 Å². The number of phosphoric acid groups is 3. The molecular formula is C31H61O15P3. The molecule has 4 aliphatic rings. The normalized spacial score (nSPS) is 26.9. The summed E-state index contributed by atoms with van der Waals surface area (Å²) in [7, 11) is -12.7. The van der Waals surface area contributed by atoms with E-state index < -0.39 is 66.6 Å². The first-order chi connectivity index (χ1) is 23.6. The van der Waals surface area contributed by atoms with E-state index in [0.29, 0.717) is 38.5 Å². The van der Waals surface area contributed by atoms with Crippen molar-refractivity contribution in [3.8, 4) is 0 Å². The van der Waals surface area contributed by atoms with Gasteiger partial charge >= 0.3 is 23.5 Å². The van der Waals surface area contributed by atoms with Gasteiger partial charge in [0.1, 0.15) is 36.6 Å². The molecule has 3 aliphatic heterocycles. The Bertz CT molecular complexity index is 885. The Hall–Kier alpha value is 0.210. The van der Waals surface area contributed by atoms with Gasteiger partial charge in [-0.1, -0.05) is 80.1 Å². The fraction of sp³-hybridized carbons (Fsp3) is 1.00. The first-order valence-electron chi connectivity index (χ1n) is 18.3. The van der Waals surface area contributed by atoms with Crippen LogP contribution in [0.4, 0.5) is 0 Å². The zero-order valence-electron chi connectivity index (χ0n) is 30.2. The molecule has 0 amide bonds. The number of unbranched alkanes of at least 4 members (excludes halogenated alkanes) is 6. The summed E-state index contributed by atoms with van der Waals surface area (Å²) in [5.74, 6) is 0. The van der Waals surface area contributed by atoms with Gasteiger partial charge < -0.3 is 14.2 Å². The lowest BCUT2D eigenvalue weighted by atomic mass is 9.83. The molecule has 4 rings (SSSR count). The number of ether oxygens (including phenoxy) is 3. The molecule has 290 valence electrons. The first kappa shape index (κ1) is 43.6. The summed E-state index contributed by atoms with van der Waals surface area (Å²) in [6.07, 6.45) is 1.52. The maximum absolute atomic E-state index is 14.1. The van der Waals surface area contributed by atoms with Gasteiger partial charge in [0.15, 0.2) is 0 Å². The van der Waals surface area contributed by atoms with Gasteiger partial charge in [0, 0.05) is 0 Å². The smallest absolute Gasteiger partial charge is 0.321 e. The summed E-state index contributed by atoms with van der Waals surface area (Å²) in [4.78, 5) is 0. The molecule has 0 aromatic heterocycles. The van der Waals surface area contributed by atoms with Crippen LogP contribution in [-0.4, -0.2) is 82.7 Å². The average molecular weight is 767 g/mol. The Labute approximate surface area is 293 Å². The van der Waals surface area contributed by atoms with E-state index in [0.717, 1.165) is 38.5 Å². The molecule has 1 saturated carbocycles. The highest BCUT2D eigenvalue weighted by Gasteiger charge is 2.67. The van der Waals surface area contributed by atoms with Crippen molar-refractivity contribution < 1.29 is 68.6 Å². The van der Waals surface area contributed by atoms with Gasteiger partial charge in [-0.25, -0.2) is 13.7 Å². The molecule has 4 fully saturated rings. The van der Waals surface area contributed by atoms with Gasteiger partial charge in [0.2, 0.25) is 0 Å². The van der Waals surface area contributed by atoms with Crippen molar-refractivity contribution in [2.24, 2.45) is 0 Å².